The lowest BCUT2D eigenvalue weighted by atomic mass is 10.3. The Morgan fingerprint density at radius 1 is 1.16 bits per heavy atom. The van der Waals surface area contributed by atoms with Gasteiger partial charge in [0.15, 0.2) is 0 Å². The Morgan fingerprint density at radius 2 is 1.79 bits per heavy atom. The first-order chi connectivity index (χ1) is 9.17. The Hall–Kier alpha value is -1.55. The van der Waals surface area contributed by atoms with Crippen molar-refractivity contribution in [3.8, 4) is 5.75 Å². The number of amides is 1. The zero-order chi connectivity index (χ0) is 14.1. The van der Waals surface area contributed by atoms with Crippen molar-refractivity contribution in [3.63, 3.8) is 0 Å². The smallest absolute Gasteiger partial charge is 0.236 e. The van der Waals surface area contributed by atoms with Crippen molar-refractivity contribution in [1.82, 2.24) is 9.80 Å². The second kappa shape index (κ2) is 8.53. The van der Waals surface area contributed by atoms with Crippen LogP contribution < -0.4 is 4.74 Å². The minimum atomic E-state index is 0.173. The molecule has 1 rings (SSSR count). The van der Waals surface area contributed by atoms with Crippen LogP contribution in [0.15, 0.2) is 30.3 Å². The van der Waals surface area contributed by atoms with Gasteiger partial charge in [-0.1, -0.05) is 18.2 Å². The van der Waals surface area contributed by atoms with Crippen LogP contribution in [0, 0.1) is 0 Å². The number of ether oxygens (including phenoxy) is 1. The van der Waals surface area contributed by atoms with E-state index in [4.69, 9.17) is 4.74 Å². The van der Waals surface area contributed by atoms with Gasteiger partial charge in [0.05, 0.1) is 6.54 Å². The minimum absolute atomic E-state index is 0.173. The zero-order valence-corrected chi connectivity index (χ0v) is 12.1. The van der Waals surface area contributed by atoms with E-state index in [9.17, 15) is 4.79 Å². The summed E-state index contributed by atoms with van der Waals surface area (Å²) in [6, 6.07) is 9.72. The molecule has 0 aliphatic rings. The summed E-state index contributed by atoms with van der Waals surface area (Å²) in [5, 5.41) is 0. The predicted octanol–water partition coefficient (Wildman–Crippen LogP) is 1.87. The highest BCUT2D eigenvalue weighted by Crippen LogP contribution is 2.07. The number of benzene rings is 1. The molecular formula is C15H24N2O2. The average molecular weight is 264 g/mol. The standard InChI is InChI=1S/C15H24N2O2/c1-4-17(5-2)15(18)13-16(3)11-12-19-14-9-7-6-8-10-14/h6-10H,4-5,11-13H2,1-3H3. The molecule has 0 aliphatic heterocycles. The molecule has 0 atom stereocenters. The molecule has 0 aromatic heterocycles. The van der Waals surface area contributed by atoms with Crippen molar-refractivity contribution < 1.29 is 9.53 Å². The molecule has 1 amide bonds. The van der Waals surface area contributed by atoms with E-state index in [0.29, 0.717) is 13.2 Å². The van der Waals surface area contributed by atoms with Gasteiger partial charge in [0.2, 0.25) is 5.91 Å². The SMILES string of the molecule is CCN(CC)C(=O)CN(C)CCOc1ccccc1. The van der Waals surface area contributed by atoms with E-state index in [1.165, 1.54) is 0 Å². The monoisotopic (exact) mass is 264 g/mol. The van der Waals surface area contributed by atoms with Gasteiger partial charge in [0.25, 0.3) is 0 Å². The van der Waals surface area contributed by atoms with Crippen LogP contribution >= 0.6 is 0 Å². The van der Waals surface area contributed by atoms with E-state index < -0.39 is 0 Å². The van der Waals surface area contributed by atoms with Crippen LogP contribution in [0.5, 0.6) is 5.75 Å². The minimum Gasteiger partial charge on any atom is -0.492 e. The van der Waals surface area contributed by atoms with Gasteiger partial charge in [-0.3, -0.25) is 9.69 Å². The Kier molecular flexibility index (Phi) is 6.97. The molecule has 4 nitrogen and oxygen atoms in total. The van der Waals surface area contributed by atoms with Crippen molar-refractivity contribution in [2.24, 2.45) is 0 Å². The molecule has 19 heavy (non-hydrogen) atoms. The molecule has 0 saturated heterocycles. The summed E-state index contributed by atoms with van der Waals surface area (Å²) >= 11 is 0. The normalized spacial score (nSPS) is 10.5. The Morgan fingerprint density at radius 3 is 2.37 bits per heavy atom. The van der Waals surface area contributed by atoms with Crippen LogP contribution in [-0.4, -0.2) is 55.5 Å². The third kappa shape index (κ3) is 5.75. The first kappa shape index (κ1) is 15.5. The molecule has 0 bridgehead atoms. The van der Waals surface area contributed by atoms with Gasteiger partial charge in [-0.15, -0.1) is 0 Å². The highest BCUT2D eigenvalue weighted by molar-refractivity contribution is 5.78. The highest BCUT2D eigenvalue weighted by Gasteiger charge is 2.11. The van der Waals surface area contributed by atoms with Gasteiger partial charge in [-0.2, -0.15) is 0 Å². The molecule has 106 valence electrons. The quantitative estimate of drug-likeness (QED) is 0.718. The molecule has 0 fully saturated rings. The Labute approximate surface area is 116 Å². The number of hydrogen-bond acceptors (Lipinski definition) is 3. The summed E-state index contributed by atoms with van der Waals surface area (Å²) < 4.78 is 5.60. The fraction of sp³-hybridized carbons (Fsp3) is 0.533. The largest absolute Gasteiger partial charge is 0.492 e. The molecule has 0 heterocycles. The maximum Gasteiger partial charge on any atom is 0.236 e. The van der Waals surface area contributed by atoms with Crippen molar-refractivity contribution >= 4 is 5.91 Å². The molecule has 0 radical (unpaired) electrons. The molecule has 1 aromatic carbocycles. The van der Waals surface area contributed by atoms with Crippen LogP contribution in [0.2, 0.25) is 0 Å². The lowest BCUT2D eigenvalue weighted by Gasteiger charge is -2.23. The Bertz CT molecular complexity index is 364. The molecule has 1 aromatic rings. The molecule has 0 spiro atoms. The molecule has 0 saturated carbocycles. The maximum absolute atomic E-state index is 11.9. The van der Waals surface area contributed by atoms with Crippen molar-refractivity contribution in [1.29, 1.82) is 0 Å². The topological polar surface area (TPSA) is 32.8 Å². The predicted molar refractivity (Wildman–Crippen MR) is 77.4 cm³/mol. The van der Waals surface area contributed by atoms with Gasteiger partial charge < -0.3 is 9.64 Å². The van der Waals surface area contributed by atoms with Crippen LogP contribution in [0.4, 0.5) is 0 Å². The van der Waals surface area contributed by atoms with Crippen LogP contribution in [0.3, 0.4) is 0 Å². The molecule has 4 heteroatoms. The zero-order valence-electron chi connectivity index (χ0n) is 12.1. The summed E-state index contributed by atoms with van der Waals surface area (Å²) in [6.45, 7) is 7.31. The van der Waals surface area contributed by atoms with E-state index in [-0.39, 0.29) is 5.91 Å². The van der Waals surface area contributed by atoms with Crippen molar-refractivity contribution in [2.45, 2.75) is 13.8 Å². The number of likely N-dealkylation sites (N-methyl/N-ethyl adjacent to an activating group) is 2. The van der Waals surface area contributed by atoms with E-state index in [1.807, 2.05) is 61.0 Å². The molecular weight excluding hydrogens is 240 g/mol. The fourth-order valence-corrected chi connectivity index (χ4v) is 1.82. The lowest BCUT2D eigenvalue weighted by Crippen LogP contribution is -2.39. The van der Waals surface area contributed by atoms with Gasteiger partial charge in [-0.25, -0.2) is 0 Å². The van der Waals surface area contributed by atoms with Crippen LogP contribution in [-0.2, 0) is 4.79 Å². The third-order valence-electron chi connectivity index (χ3n) is 3.01. The second-order valence-electron chi connectivity index (χ2n) is 4.47. The second-order valence-corrected chi connectivity index (χ2v) is 4.47. The molecule has 0 unspecified atom stereocenters. The molecule has 0 N–H and O–H groups in total. The van der Waals surface area contributed by atoms with E-state index in [0.717, 1.165) is 25.4 Å². The lowest BCUT2D eigenvalue weighted by molar-refractivity contribution is -0.131. The summed E-state index contributed by atoms with van der Waals surface area (Å²) in [5.41, 5.74) is 0. The maximum atomic E-state index is 11.9. The van der Waals surface area contributed by atoms with Gasteiger partial charge >= 0.3 is 0 Å². The van der Waals surface area contributed by atoms with Crippen molar-refractivity contribution in [2.75, 3.05) is 39.8 Å². The summed E-state index contributed by atoms with van der Waals surface area (Å²) in [5.74, 6) is 1.04. The van der Waals surface area contributed by atoms with E-state index in [2.05, 4.69) is 0 Å². The van der Waals surface area contributed by atoms with E-state index in [1.54, 1.807) is 0 Å². The summed E-state index contributed by atoms with van der Waals surface area (Å²) in [4.78, 5) is 15.7. The first-order valence-electron chi connectivity index (χ1n) is 6.81. The number of nitrogens with zero attached hydrogens (tertiary/aromatic N) is 2. The van der Waals surface area contributed by atoms with Crippen molar-refractivity contribution in [3.05, 3.63) is 30.3 Å². The van der Waals surface area contributed by atoms with Gasteiger partial charge in [-0.05, 0) is 33.0 Å². The molecule has 0 aliphatic carbocycles. The fourth-order valence-electron chi connectivity index (χ4n) is 1.82. The number of carbonyl (C=O) groups is 1. The first-order valence-corrected chi connectivity index (χ1v) is 6.81. The van der Waals surface area contributed by atoms with E-state index >= 15 is 0 Å². The van der Waals surface area contributed by atoms with Crippen LogP contribution in [0.1, 0.15) is 13.8 Å². The average Bonchev–Trinajstić information content (AvgIpc) is 2.41. The number of rotatable bonds is 8. The number of carbonyl (C=O) groups excluding carboxylic acids is 1. The van der Waals surface area contributed by atoms with Gasteiger partial charge in [0, 0.05) is 19.6 Å². The third-order valence-corrected chi connectivity index (χ3v) is 3.01. The summed E-state index contributed by atoms with van der Waals surface area (Å²) in [7, 11) is 1.94. The number of hydrogen-bond donors (Lipinski definition) is 0. The Balaban J connectivity index is 2.24. The highest BCUT2D eigenvalue weighted by atomic mass is 16.5. The summed E-state index contributed by atoms with van der Waals surface area (Å²) in [6.07, 6.45) is 0. The number of para-hydroxylation sites is 1. The van der Waals surface area contributed by atoms with Gasteiger partial charge in [0.1, 0.15) is 12.4 Å². The van der Waals surface area contributed by atoms with Crippen LogP contribution in [0.25, 0.3) is 0 Å².